The summed E-state index contributed by atoms with van der Waals surface area (Å²) in [6.07, 6.45) is 6.44. The van der Waals surface area contributed by atoms with E-state index in [-0.39, 0.29) is 23.9 Å². The third kappa shape index (κ3) is 3.09. The Hall–Kier alpha value is -1.63. The van der Waals surface area contributed by atoms with E-state index < -0.39 is 0 Å². The Balaban J connectivity index is 1.66. The number of carbonyl (C=O) groups excluding carboxylic acids is 2. The Bertz CT molecular complexity index is 526. The third-order valence-electron chi connectivity index (χ3n) is 4.68. The molecule has 0 spiro atoms. The van der Waals surface area contributed by atoms with E-state index in [1.54, 1.807) is 16.2 Å². The Labute approximate surface area is 134 Å². The molecule has 0 unspecified atom stereocenters. The van der Waals surface area contributed by atoms with Crippen LogP contribution < -0.4 is 5.73 Å². The highest BCUT2D eigenvalue weighted by Gasteiger charge is 2.35. The number of hydrogen-bond donors (Lipinski definition) is 1. The maximum atomic E-state index is 12.9. The summed E-state index contributed by atoms with van der Waals surface area (Å²) in [5.41, 5.74) is 5.30. The van der Waals surface area contributed by atoms with Crippen molar-refractivity contribution in [2.24, 2.45) is 11.7 Å². The second kappa shape index (κ2) is 6.64. The van der Waals surface area contributed by atoms with Crippen LogP contribution in [0.5, 0.6) is 0 Å². The van der Waals surface area contributed by atoms with Gasteiger partial charge >= 0.3 is 6.03 Å². The molecule has 0 bridgehead atoms. The molecule has 1 atom stereocenters. The van der Waals surface area contributed by atoms with Gasteiger partial charge in [-0.1, -0.05) is 0 Å². The fraction of sp³-hybridized carbons (Fsp3) is 0.667. The van der Waals surface area contributed by atoms with Crippen LogP contribution in [0.25, 0.3) is 0 Å². The lowest BCUT2D eigenvalue weighted by molar-refractivity contribution is -0.140. The SMILES string of the molecule is NC(=O)N1CCC(C(=O)N2CCCC[C@H]2c2nccs2)CC1. The van der Waals surface area contributed by atoms with Crippen molar-refractivity contribution in [1.29, 1.82) is 0 Å². The summed E-state index contributed by atoms with van der Waals surface area (Å²) in [7, 11) is 0. The van der Waals surface area contributed by atoms with E-state index in [0.29, 0.717) is 25.9 Å². The van der Waals surface area contributed by atoms with E-state index in [1.807, 2.05) is 16.5 Å². The van der Waals surface area contributed by atoms with Crippen molar-refractivity contribution in [3.05, 3.63) is 16.6 Å². The highest BCUT2D eigenvalue weighted by Crippen LogP contribution is 2.34. The smallest absolute Gasteiger partial charge is 0.314 e. The molecule has 2 N–H and O–H groups in total. The molecule has 0 aromatic carbocycles. The molecule has 0 saturated carbocycles. The lowest BCUT2D eigenvalue weighted by Gasteiger charge is -2.39. The molecule has 6 nitrogen and oxygen atoms in total. The van der Waals surface area contributed by atoms with Crippen LogP contribution in [0.4, 0.5) is 4.79 Å². The molecule has 7 heteroatoms. The summed E-state index contributed by atoms with van der Waals surface area (Å²) in [6, 6.07) is -0.250. The Morgan fingerprint density at radius 2 is 1.95 bits per heavy atom. The lowest BCUT2D eigenvalue weighted by Crippen LogP contribution is -2.47. The summed E-state index contributed by atoms with van der Waals surface area (Å²) in [5, 5.41) is 3.01. The van der Waals surface area contributed by atoms with E-state index in [4.69, 9.17) is 5.73 Å². The summed E-state index contributed by atoms with van der Waals surface area (Å²) < 4.78 is 0. The first kappa shape index (κ1) is 15.3. The zero-order chi connectivity index (χ0) is 15.5. The largest absolute Gasteiger partial charge is 0.351 e. The van der Waals surface area contributed by atoms with Crippen LogP contribution >= 0.6 is 11.3 Å². The van der Waals surface area contributed by atoms with E-state index in [1.165, 1.54) is 0 Å². The van der Waals surface area contributed by atoms with Crippen LogP contribution in [-0.2, 0) is 4.79 Å². The number of amides is 3. The van der Waals surface area contributed by atoms with Gasteiger partial charge in [-0.2, -0.15) is 0 Å². The average Bonchev–Trinajstić information content (AvgIpc) is 3.08. The van der Waals surface area contributed by atoms with Gasteiger partial charge < -0.3 is 15.5 Å². The molecule has 3 amide bonds. The van der Waals surface area contributed by atoms with Crippen LogP contribution in [0.3, 0.4) is 0 Å². The van der Waals surface area contributed by atoms with Crippen molar-refractivity contribution < 1.29 is 9.59 Å². The van der Waals surface area contributed by atoms with Crippen molar-refractivity contribution >= 4 is 23.3 Å². The minimum atomic E-state index is -0.385. The van der Waals surface area contributed by atoms with Crippen LogP contribution in [0.15, 0.2) is 11.6 Å². The van der Waals surface area contributed by atoms with Gasteiger partial charge in [0.15, 0.2) is 0 Å². The molecule has 1 aromatic rings. The molecular weight excluding hydrogens is 300 g/mol. The first-order chi connectivity index (χ1) is 10.7. The van der Waals surface area contributed by atoms with Gasteiger partial charge in [-0.05, 0) is 32.1 Å². The normalized spacial score (nSPS) is 23.5. The summed E-state index contributed by atoms with van der Waals surface area (Å²) >= 11 is 1.63. The molecule has 0 aliphatic carbocycles. The molecule has 2 aliphatic rings. The van der Waals surface area contributed by atoms with Gasteiger partial charge in [0, 0.05) is 37.1 Å². The topological polar surface area (TPSA) is 79.5 Å². The van der Waals surface area contributed by atoms with Crippen molar-refractivity contribution in [3.63, 3.8) is 0 Å². The number of nitrogens with zero attached hydrogens (tertiary/aromatic N) is 3. The first-order valence-corrected chi connectivity index (χ1v) is 8.79. The fourth-order valence-electron chi connectivity index (χ4n) is 3.43. The Morgan fingerprint density at radius 3 is 2.59 bits per heavy atom. The van der Waals surface area contributed by atoms with Gasteiger partial charge in [-0.25, -0.2) is 9.78 Å². The monoisotopic (exact) mass is 322 g/mol. The lowest BCUT2D eigenvalue weighted by atomic mass is 9.92. The van der Waals surface area contributed by atoms with Gasteiger partial charge in [0.25, 0.3) is 0 Å². The van der Waals surface area contributed by atoms with Gasteiger partial charge in [-0.3, -0.25) is 4.79 Å². The molecule has 22 heavy (non-hydrogen) atoms. The van der Waals surface area contributed by atoms with Crippen LogP contribution in [0, 0.1) is 5.92 Å². The quantitative estimate of drug-likeness (QED) is 0.904. The van der Waals surface area contributed by atoms with Crippen molar-refractivity contribution in [3.8, 4) is 0 Å². The minimum absolute atomic E-state index is 0.0103. The third-order valence-corrected chi connectivity index (χ3v) is 5.56. The zero-order valence-corrected chi connectivity index (χ0v) is 13.4. The number of nitrogens with two attached hydrogens (primary N) is 1. The molecule has 2 saturated heterocycles. The van der Waals surface area contributed by atoms with E-state index in [9.17, 15) is 9.59 Å². The summed E-state index contributed by atoms with van der Waals surface area (Å²) in [4.78, 5) is 32.1. The van der Waals surface area contributed by atoms with Crippen LogP contribution in [-0.4, -0.2) is 46.4 Å². The number of thiazole rings is 1. The molecule has 0 radical (unpaired) electrons. The second-order valence-corrected chi connectivity index (χ2v) is 6.94. The number of piperidine rings is 2. The van der Waals surface area contributed by atoms with E-state index >= 15 is 0 Å². The average molecular weight is 322 g/mol. The predicted molar refractivity (Wildman–Crippen MR) is 84.3 cm³/mol. The minimum Gasteiger partial charge on any atom is -0.351 e. The van der Waals surface area contributed by atoms with Crippen LogP contribution in [0.1, 0.15) is 43.2 Å². The first-order valence-electron chi connectivity index (χ1n) is 7.91. The van der Waals surface area contributed by atoms with Crippen molar-refractivity contribution in [2.45, 2.75) is 38.1 Å². The number of aromatic nitrogens is 1. The maximum Gasteiger partial charge on any atom is 0.314 e. The predicted octanol–water partition coefficient (Wildman–Crippen LogP) is 1.99. The standard InChI is InChI=1S/C15H22N4O2S/c16-15(21)18-8-4-11(5-9-18)14(20)19-7-2-1-3-12(19)13-17-6-10-22-13/h6,10-12H,1-5,7-9H2,(H2,16,21)/t12-/m0/s1. The number of hydrogen-bond acceptors (Lipinski definition) is 4. The second-order valence-electron chi connectivity index (χ2n) is 6.01. The van der Waals surface area contributed by atoms with Crippen molar-refractivity contribution in [1.82, 2.24) is 14.8 Å². The Morgan fingerprint density at radius 1 is 1.18 bits per heavy atom. The number of urea groups is 1. The summed E-state index contributed by atoms with van der Waals surface area (Å²) in [5.74, 6) is 0.236. The van der Waals surface area contributed by atoms with E-state index in [0.717, 1.165) is 30.8 Å². The maximum absolute atomic E-state index is 12.9. The van der Waals surface area contributed by atoms with Crippen LogP contribution in [0.2, 0.25) is 0 Å². The fourth-order valence-corrected chi connectivity index (χ4v) is 4.22. The van der Waals surface area contributed by atoms with Gasteiger partial charge in [0.05, 0.1) is 6.04 Å². The van der Waals surface area contributed by atoms with Gasteiger partial charge in [-0.15, -0.1) is 11.3 Å². The highest BCUT2D eigenvalue weighted by molar-refractivity contribution is 7.09. The number of carbonyl (C=O) groups is 2. The molecular formula is C15H22N4O2S. The highest BCUT2D eigenvalue weighted by atomic mass is 32.1. The van der Waals surface area contributed by atoms with Gasteiger partial charge in [0.2, 0.25) is 5.91 Å². The molecule has 120 valence electrons. The number of primary amides is 1. The molecule has 1 aromatic heterocycles. The van der Waals surface area contributed by atoms with Crippen molar-refractivity contribution in [2.75, 3.05) is 19.6 Å². The van der Waals surface area contributed by atoms with E-state index in [2.05, 4.69) is 4.98 Å². The molecule has 3 heterocycles. The molecule has 2 fully saturated rings. The molecule has 3 rings (SSSR count). The Kier molecular flexibility index (Phi) is 4.61. The number of likely N-dealkylation sites (tertiary alicyclic amines) is 2. The number of rotatable bonds is 2. The van der Waals surface area contributed by atoms with Gasteiger partial charge in [0.1, 0.15) is 5.01 Å². The zero-order valence-electron chi connectivity index (χ0n) is 12.6. The molecule has 2 aliphatic heterocycles. The summed E-state index contributed by atoms with van der Waals surface area (Å²) in [6.45, 7) is 1.99.